The lowest BCUT2D eigenvalue weighted by Crippen LogP contribution is -2.44. The van der Waals surface area contributed by atoms with Crippen molar-refractivity contribution in [2.75, 3.05) is 19.7 Å². The summed E-state index contributed by atoms with van der Waals surface area (Å²) in [5.74, 6) is -0.224. The lowest BCUT2D eigenvalue weighted by Gasteiger charge is -2.41. The number of likely N-dealkylation sites (tertiary alicyclic amines) is 1. The summed E-state index contributed by atoms with van der Waals surface area (Å²) in [6, 6.07) is 10.2. The third kappa shape index (κ3) is 2.83. The Balaban J connectivity index is 1.68. The van der Waals surface area contributed by atoms with Gasteiger partial charge in [-0.05, 0) is 48.4 Å². The van der Waals surface area contributed by atoms with E-state index in [0.29, 0.717) is 12.2 Å². The van der Waals surface area contributed by atoms with Crippen molar-refractivity contribution in [2.45, 2.75) is 39.3 Å². The Kier molecular flexibility index (Phi) is 4.26. The van der Waals surface area contributed by atoms with E-state index in [-0.39, 0.29) is 18.0 Å². The van der Waals surface area contributed by atoms with Crippen LogP contribution in [0, 0.1) is 5.41 Å². The molecule has 0 spiro atoms. The highest BCUT2D eigenvalue weighted by molar-refractivity contribution is 6.08. The molecule has 132 valence electrons. The molecule has 4 nitrogen and oxygen atoms in total. The first-order valence-electron chi connectivity index (χ1n) is 9.19. The van der Waals surface area contributed by atoms with E-state index >= 15 is 0 Å². The van der Waals surface area contributed by atoms with Crippen LogP contribution in [0.1, 0.15) is 47.7 Å². The van der Waals surface area contributed by atoms with Gasteiger partial charge in [0.2, 0.25) is 0 Å². The molecule has 25 heavy (non-hydrogen) atoms. The molecule has 2 heterocycles. The minimum absolute atomic E-state index is 0.0361. The summed E-state index contributed by atoms with van der Waals surface area (Å²) in [7, 11) is 0. The molecule has 1 saturated heterocycles. The Bertz CT molecular complexity index is 810. The molecule has 4 rings (SSSR count). The van der Waals surface area contributed by atoms with Crippen molar-refractivity contribution in [1.82, 2.24) is 4.90 Å². The Hall–Kier alpha value is -1.91. The zero-order valence-corrected chi connectivity index (χ0v) is 14.8. The molecule has 0 amide bonds. The molecule has 1 atom stereocenters. The van der Waals surface area contributed by atoms with Gasteiger partial charge in [0.15, 0.2) is 0 Å². The molecule has 2 aliphatic rings. The van der Waals surface area contributed by atoms with E-state index in [1.165, 1.54) is 5.56 Å². The molecule has 2 aromatic rings. The largest absolute Gasteiger partial charge is 0.457 e. The fourth-order valence-corrected chi connectivity index (χ4v) is 4.40. The van der Waals surface area contributed by atoms with Gasteiger partial charge in [0.1, 0.15) is 6.61 Å². The van der Waals surface area contributed by atoms with Crippen LogP contribution in [0.3, 0.4) is 0 Å². The van der Waals surface area contributed by atoms with Crippen molar-refractivity contribution < 1.29 is 14.6 Å². The van der Waals surface area contributed by atoms with Crippen LogP contribution < -0.4 is 0 Å². The topological polar surface area (TPSA) is 49.8 Å². The molecule has 1 N–H and O–H groups in total. The number of ether oxygens (including phenoxy) is 1. The van der Waals surface area contributed by atoms with E-state index in [1.54, 1.807) is 0 Å². The van der Waals surface area contributed by atoms with Gasteiger partial charge < -0.3 is 9.84 Å². The van der Waals surface area contributed by atoms with E-state index in [0.717, 1.165) is 55.2 Å². The van der Waals surface area contributed by atoms with Gasteiger partial charge in [-0.15, -0.1) is 0 Å². The fourth-order valence-electron chi connectivity index (χ4n) is 4.40. The highest BCUT2D eigenvalue weighted by Gasteiger charge is 2.33. The summed E-state index contributed by atoms with van der Waals surface area (Å²) >= 11 is 0. The zero-order valence-electron chi connectivity index (χ0n) is 14.8. The maximum absolute atomic E-state index is 12.1. The molecular formula is C21H25NO3. The molecule has 0 aromatic heterocycles. The average molecular weight is 339 g/mol. The number of nitrogens with zero attached hydrogens (tertiary/aromatic N) is 1. The Labute approximate surface area is 148 Å². The van der Waals surface area contributed by atoms with Crippen molar-refractivity contribution in [2.24, 2.45) is 5.41 Å². The van der Waals surface area contributed by atoms with Crippen LogP contribution in [0.25, 0.3) is 10.8 Å². The number of hydrogen-bond acceptors (Lipinski definition) is 4. The molecule has 2 aromatic carbocycles. The molecule has 0 saturated carbocycles. The van der Waals surface area contributed by atoms with Crippen molar-refractivity contribution in [1.29, 1.82) is 0 Å². The summed E-state index contributed by atoms with van der Waals surface area (Å²) in [6.45, 7) is 5.65. The number of hydrogen-bond donors (Lipinski definition) is 1. The normalized spacial score (nSPS) is 23.7. The number of carbonyl (C=O) groups excluding carboxylic acids is 1. The second kappa shape index (κ2) is 6.43. The van der Waals surface area contributed by atoms with Gasteiger partial charge in [-0.3, -0.25) is 4.90 Å². The molecule has 0 bridgehead atoms. The lowest BCUT2D eigenvalue weighted by molar-refractivity contribution is 0.0259. The number of carbonyl (C=O) groups is 1. The maximum Gasteiger partial charge on any atom is 0.339 e. The number of piperidine rings is 1. The van der Waals surface area contributed by atoms with Crippen LogP contribution in [0.4, 0.5) is 0 Å². The van der Waals surface area contributed by atoms with E-state index in [2.05, 4.69) is 30.0 Å². The summed E-state index contributed by atoms with van der Waals surface area (Å²) in [6.07, 6.45) is 3.24. The maximum atomic E-state index is 12.1. The van der Waals surface area contributed by atoms with E-state index in [4.69, 9.17) is 4.74 Å². The standard InChI is InChI=1S/C21H25NO3/c1-2-21(14-23)9-4-10-22(13-21)11-15-7-8-16-12-25-20(24)18-6-3-5-17(15)19(16)18/h3,5-8,23H,2,4,9-14H2,1H3/t21-/m0/s1. The van der Waals surface area contributed by atoms with Crippen LogP contribution >= 0.6 is 0 Å². The van der Waals surface area contributed by atoms with Gasteiger partial charge >= 0.3 is 5.97 Å². The van der Waals surface area contributed by atoms with Gasteiger partial charge in [0.25, 0.3) is 0 Å². The van der Waals surface area contributed by atoms with Crippen molar-refractivity contribution in [3.63, 3.8) is 0 Å². The van der Waals surface area contributed by atoms with Crippen LogP contribution in [-0.2, 0) is 17.9 Å². The predicted molar refractivity (Wildman–Crippen MR) is 97.4 cm³/mol. The molecule has 0 unspecified atom stereocenters. The monoisotopic (exact) mass is 339 g/mol. The Morgan fingerprint density at radius 2 is 2.16 bits per heavy atom. The van der Waals surface area contributed by atoms with Gasteiger partial charge in [0, 0.05) is 30.5 Å². The molecule has 0 radical (unpaired) electrons. The number of rotatable bonds is 4. The second-order valence-corrected chi connectivity index (χ2v) is 7.51. The van der Waals surface area contributed by atoms with Crippen LogP contribution in [-0.4, -0.2) is 35.7 Å². The predicted octanol–water partition coefficient (Wildman–Crippen LogP) is 3.49. The van der Waals surface area contributed by atoms with Crippen molar-refractivity contribution >= 4 is 16.7 Å². The van der Waals surface area contributed by atoms with E-state index < -0.39 is 0 Å². The zero-order chi connectivity index (χ0) is 17.4. The van der Waals surface area contributed by atoms with Gasteiger partial charge in [-0.25, -0.2) is 4.79 Å². The van der Waals surface area contributed by atoms with Crippen molar-refractivity contribution in [3.8, 4) is 0 Å². The third-order valence-corrected chi connectivity index (χ3v) is 6.02. The molecule has 1 fully saturated rings. The summed E-state index contributed by atoms with van der Waals surface area (Å²) < 4.78 is 5.26. The van der Waals surface area contributed by atoms with Crippen LogP contribution in [0.15, 0.2) is 30.3 Å². The molecule has 2 aliphatic heterocycles. The number of benzene rings is 2. The minimum Gasteiger partial charge on any atom is -0.457 e. The minimum atomic E-state index is -0.224. The number of aliphatic hydroxyl groups excluding tert-OH is 1. The van der Waals surface area contributed by atoms with Crippen molar-refractivity contribution in [3.05, 3.63) is 47.0 Å². The molecule has 0 aliphatic carbocycles. The summed E-state index contributed by atoms with van der Waals surface area (Å²) in [5.41, 5.74) is 3.05. The molecular weight excluding hydrogens is 314 g/mol. The molecule has 4 heteroatoms. The van der Waals surface area contributed by atoms with Gasteiger partial charge in [-0.1, -0.05) is 31.2 Å². The summed E-state index contributed by atoms with van der Waals surface area (Å²) in [4.78, 5) is 14.5. The van der Waals surface area contributed by atoms with E-state index in [9.17, 15) is 9.90 Å². The SMILES string of the molecule is CC[C@]1(CO)CCCN(Cc2ccc3c4c(cccc24)C(=O)OC3)C1. The smallest absolute Gasteiger partial charge is 0.339 e. The highest BCUT2D eigenvalue weighted by Crippen LogP contribution is 2.35. The summed E-state index contributed by atoms with van der Waals surface area (Å²) in [5, 5.41) is 12.1. The Morgan fingerprint density at radius 1 is 1.28 bits per heavy atom. The van der Waals surface area contributed by atoms with Crippen LogP contribution in [0.5, 0.6) is 0 Å². The average Bonchev–Trinajstić information content (AvgIpc) is 2.66. The quantitative estimate of drug-likeness (QED) is 0.866. The number of cyclic esters (lactones) is 1. The fraction of sp³-hybridized carbons (Fsp3) is 0.476. The first kappa shape index (κ1) is 16.6. The Morgan fingerprint density at radius 3 is 2.96 bits per heavy atom. The number of esters is 1. The first-order chi connectivity index (χ1) is 12.2. The second-order valence-electron chi connectivity index (χ2n) is 7.51. The van der Waals surface area contributed by atoms with Gasteiger partial charge in [0.05, 0.1) is 5.56 Å². The highest BCUT2D eigenvalue weighted by atomic mass is 16.5. The van der Waals surface area contributed by atoms with Gasteiger partial charge in [-0.2, -0.15) is 0 Å². The van der Waals surface area contributed by atoms with E-state index in [1.807, 2.05) is 12.1 Å². The van der Waals surface area contributed by atoms with Crippen LogP contribution in [0.2, 0.25) is 0 Å². The first-order valence-corrected chi connectivity index (χ1v) is 9.19. The number of aliphatic hydroxyl groups is 1. The lowest BCUT2D eigenvalue weighted by atomic mass is 9.78. The third-order valence-electron chi connectivity index (χ3n) is 6.02.